The predicted molar refractivity (Wildman–Crippen MR) is 126 cm³/mol. The van der Waals surface area contributed by atoms with Crippen LogP contribution in [0.5, 0.6) is 0 Å². The van der Waals surface area contributed by atoms with Crippen LogP contribution in [0.2, 0.25) is 0 Å². The van der Waals surface area contributed by atoms with Crippen LogP contribution in [-0.4, -0.2) is 44.8 Å². The average molecular weight is 475 g/mol. The van der Waals surface area contributed by atoms with Gasteiger partial charge in [0.05, 0.1) is 4.90 Å². The zero-order valence-corrected chi connectivity index (χ0v) is 19.2. The van der Waals surface area contributed by atoms with E-state index in [1.807, 2.05) is 13.0 Å². The van der Waals surface area contributed by atoms with E-state index in [2.05, 4.69) is 15.0 Å². The summed E-state index contributed by atoms with van der Waals surface area (Å²) in [5.41, 5.74) is 17.8. The van der Waals surface area contributed by atoms with Gasteiger partial charge in [-0.25, -0.2) is 8.42 Å². The molecule has 2 amide bonds. The summed E-state index contributed by atoms with van der Waals surface area (Å²) in [7, 11) is -4.00. The van der Waals surface area contributed by atoms with Gasteiger partial charge in [0.15, 0.2) is 5.96 Å². The molecule has 0 saturated heterocycles. The lowest BCUT2D eigenvalue weighted by Crippen LogP contribution is -2.53. The van der Waals surface area contributed by atoms with Crippen molar-refractivity contribution in [2.24, 2.45) is 22.2 Å². The van der Waals surface area contributed by atoms with Crippen molar-refractivity contribution in [2.75, 3.05) is 6.54 Å². The van der Waals surface area contributed by atoms with Crippen molar-refractivity contribution >= 4 is 27.8 Å². The Bertz CT molecular complexity index is 1070. The Morgan fingerprint density at radius 1 is 0.970 bits per heavy atom. The van der Waals surface area contributed by atoms with Crippen LogP contribution in [-0.2, 0) is 26.0 Å². The minimum atomic E-state index is -4.00. The summed E-state index contributed by atoms with van der Waals surface area (Å²) in [5, 5.41) is 2.57. The van der Waals surface area contributed by atoms with E-state index in [4.69, 9.17) is 17.2 Å². The summed E-state index contributed by atoms with van der Waals surface area (Å²) in [5.74, 6) is -1.50. The minimum Gasteiger partial charge on any atom is -0.370 e. The van der Waals surface area contributed by atoms with Crippen molar-refractivity contribution in [1.29, 1.82) is 0 Å². The molecule has 0 spiro atoms. The van der Waals surface area contributed by atoms with E-state index in [-0.39, 0.29) is 30.2 Å². The third kappa shape index (κ3) is 8.54. The molecule has 0 aliphatic rings. The van der Waals surface area contributed by atoms with Gasteiger partial charge in [-0.2, -0.15) is 4.72 Å². The number of hydrogen-bond donors (Lipinski definition) is 5. The molecule has 0 unspecified atom stereocenters. The van der Waals surface area contributed by atoms with E-state index in [9.17, 15) is 18.0 Å². The maximum atomic E-state index is 13.0. The Kier molecular flexibility index (Phi) is 9.37. The smallest absolute Gasteiger partial charge is 0.241 e. The molecule has 0 radical (unpaired) electrons. The normalized spacial score (nSPS) is 13.0. The van der Waals surface area contributed by atoms with Gasteiger partial charge in [-0.1, -0.05) is 48.0 Å². The Hall–Kier alpha value is -3.44. The fraction of sp³-hybridized carbons (Fsp3) is 0.318. The number of hydrogen-bond acceptors (Lipinski definition) is 5. The second-order valence-electron chi connectivity index (χ2n) is 7.59. The number of sulfonamides is 1. The molecule has 178 valence electrons. The van der Waals surface area contributed by atoms with Crippen LogP contribution < -0.4 is 27.2 Å². The summed E-state index contributed by atoms with van der Waals surface area (Å²) >= 11 is 0. The standard InChI is InChI=1S/C22H30N6O4S/c1-15-9-11-17(12-10-15)33(31,32)28-18(8-5-13-26-22(24)25)21(30)27-19(20(23)29)14-16-6-3-2-4-7-16/h2-4,6-7,9-12,18-19,28H,5,8,13-14H2,1H3,(H2,23,29)(H,27,30)(H4,24,25,26)/t18-,19-/m0/s1. The number of aryl methyl sites for hydroxylation is 1. The molecular weight excluding hydrogens is 444 g/mol. The van der Waals surface area contributed by atoms with E-state index in [1.54, 1.807) is 36.4 Å². The Morgan fingerprint density at radius 2 is 1.61 bits per heavy atom. The number of amides is 2. The van der Waals surface area contributed by atoms with Gasteiger partial charge >= 0.3 is 0 Å². The lowest BCUT2D eigenvalue weighted by molar-refractivity contribution is -0.128. The molecule has 2 rings (SSSR count). The highest BCUT2D eigenvalue weighted by Gasteiger charge is 2.28. The van der Waals surface area contributed by atoms with Crippen molar-refractivity contribution < 1.29 is 18.0 Å². The first-order valence-corrected chi connectivity index (χ1v) is 11.8. The van der Waals surface area contributed by atoms with E-state index in [0.29, 0.717) is 6.42 Å². The molecular formula is C22H30N6O4S. The van der Waals surface area contributed by atoms with Crippen LogP contribution >= 0.6 is 0 Å². The highest BCUT2D eigenvalue weighted by Crippen LogP contribution is 2.13. The third-order valence-electron chi connectivity index (χ3n) is 4.83. The van der Waals surface area contributed by atoms with E-state index in [1.165, 1.54) is 12.1 Å². The maximum absolute atomic E-state index is 13.0. The second kappa shape index (κ2) is 12.0. The van der Waals surface area contributed by atoms with Crippen molar-refractivity contribution in [3.8, 4) is 0 Å². The van der Waals surface area contributed by atoms with Gasteiger partial charge in [-0.3, -0.25) is 14.6 Å². The van der Waals surface area contributed by atoms with E-state index < -0.39 is 33.9 Å². The van der Waals surface area contributed by atoms with Gasteiger partial charge in [0.25, 0.3) is 0 Å². The minimum absolute atomic E-state index is 0.0193. The first-order chi connectivity index (χ1) is 15.6. The molecule has 0 aliphatic heterocycles. The highest BCUT2D eigenvalue weighted by molar-refractivity contribution is 7.89. The summed E-state index contributed by atoms with van der Waals surface area (Å²) in [6.07, 6.45) is 0.601. The number of guanidine groups is 1. The average Bonchev–Trinajstić information content (AvgIpc) is 2.76. The molecule has 2 aromatic carbocycles. The van der Waals surface area contributed by atoms with Crippen LogP contribution in [0.3, 0.4) is 0 Å². The molecule has 8 N–H and O–H groups in total. The molecule has 33 heavy (non-hydrogen) atoms. The maximum Gasteiger partial charge on any atom is 0.241 e. The molecule has 0 aliphatic carbocycles. The number of benzene rings is 2. The fourth-order valence-electron chi connectivity index (χ4n) is 3.06. The third-order valence-corrected chi connectivity index (χ3v) is 6.32. The number of carbonyl (C=O) groups excluding carboxylic acids is 2. The fourth-order valence-corrected chi connectivity index (χ4v) is 4.29. The summed E-state index contributed by atoms with van der Waals surface area (Å²) in [4.78, 5) is 28.8. The van der Waals surface area contributed by atoms with Crippen LogP contribution in [0.15, 0.2) is 64.5 Å². The van der Waals surface area contributed by atoms with Crippen molar-refractivity contribution in [3.05, 3.63) is 65.7 Å². The number of primary amides is 1. The molecule has 10 nitrogen and oxygen atoms in total. The van der Waals surface area contributed by atoms with Gasteiger partial charge in [-0.05, 0) is 37.5 Å². The van der Waals surface area contributed by atoms with Crippen molar-refractivity contribution in [2.45, 2.75) is 43.2 Å². The molecule has 2 aromatic rings. The largest absolute Gasteiger partial charge is 0.370 e. The topological polar surface area (TPSA) is 183 Å². The quantitative estimate of drug-likeness (QED) is 0.163. The molecule has 0 bridgehead atoms. The van der Waals surface area contributed by atoms with Gasteiger partial charge in [0, 0.05) is 13.0 Å². The van der Waals surface area contributed by atoms with Gasteiger partial charge < -0.3 is 22.5 Å². The van der Waals surface area contributed by atoms with Crippen LogP contribution in [0.1, 0.15) is 24.0 Å². The zero-order valence-electron chi connectivity index (χ0n) is 18.4. The van der Waals surface area contributed by atoms with Gasteiger partial charge in [0.2, 0.25) is 21.8 Å². The summed E-state index contributed by atoms with van der Waals surface area (Å²) in [6, 6.07) is 13.1. The number of carbonyl (C=O) groups is 2. The van der Waals surface area contributed by atoms with Crippen molar-refractivity contribution in [3.63, 3.8) is 0 Å². The number of nitrogens with two attached hydrogens (primary N) is 3. The van der Waals surface area contributed by atoms with E-state index in [0.717, 1.165) is 11.1 Å². The van der Waals surface area contributed by atoms with Crippen LogP contribution in [0.4, 0.5) is 0 Å². The summed E-state index contributed by atoms with van der Waals surface area (Å²) in [6.45, 7) is 2.04. The monoisotopic (exact) mass is 474 g/mol. The van der Waals surface area contributed by atoms with Crippen molar-refractivity contribution in [1.82, 2.24) is 10.0 Å². The predicted octanol–water partition coefficient (Wildman–Crippen LogP) is -0.0917. The Labute approximate surface area is 193 Å². The zero-order chi connectivity index (χ0) is 24.4. The second-order valence-corrected chi connectivity index (χ2v) is 9.30. The highest BCUT2D eigenvalue weighted by atomic mass is 32.2. The molecule has 0 aromatic heterocycles. The molecule has 0 fully saturated rings. The number of nitrogens with zero attached hydrogens (tertiary/aromatic N) is 1. The SMILES string of the molecule is Cc1ccc(S(=O)(=O)N[C@@H](CCCN=C(N)N)C(=O)N[C@@H](Cc2ccccc2)C(N)=O)cc1. The first-order valence-electron chi connectivity index (χ1n) is 10.4. The summed E-state index contributed by atoms with van der Waals surface area (Å²) < 4.78 is 28.1. The van der Waals surface area contributed by atoms with Gasteiger partial charge in [0.1, 0.15) is 12.1 Å². The molecule has 2 atom stereocenters. The molecule has 0 saturated carbocycles. The number of nitrogens with one attached hydrogen (secondary N) is 2. The molecule has 0 heterocycles. The molecule has 11 heteroatoms. The Morgan fingerprint density at radius 3 is 2.18 bits per heavy atom. The lowest BCUT2D eigenvalue weighted by atomic mass is 10.0. The first kappa shape index (κ1) is 25.8. The number of rotatable bonds is 12. The van der Waals surface area contributed by atoms with E-state index >= 15 is 0 Å². The van der Waals surface area contributed by atoms with Crippen LogP contribution in [0, 0.1) is 6.92 Å². The van der Waals surface area contributed by atoms with Gasteiger partial charge in [-0.15, -0.1) is 0 Å². The number of aliphatic imine (C=N–C) groups is 1. The Balaban J connectivity index is 2.19. The van der Waals surface area contributed by atoms with Crippen LogP contribution in [0.25, 0.3) is 0 Å². The lowest BCUT2D eigenvalue weighted by Gasteiger charge is -2.22.